The summed E-state index contributed by atoms with van der Waals surface area (Å²) in [6.07, 6.45) is -0.566. The van der Waals surface area contributed by atoms with Gasteiger partial charge < -0.3 is 14.5 Å². The molecule has 2 aromatic heterocycles. The molecule has 0 saturated heterocycles. The van der Waals surface area contributed by atoms with Gasteiger partial charge in [0.2, 0.25) is 0 Å². The summed E-state index contributed by atoms with van der Waals surface area (Å²) in [6.45, 7) is 2.06. The van der Waals surface area contributed by atoms with Crippen molar-refractivity contribution in [1.29, 1.82) is 0 Å². The third-order valence-electron chi connectivity index (χ3n) is 3.33. The lowest BCUT2D eigenvalue weighted by Crippen LogP contribution is -2.35. The highest BCUT2D eigenvalue weighted by Gasteiger charge is 2.15. The SMILES string of the molecule is C[C@H](Oc1ccccc1)C(=O)NCc1ccc(-c2ccsc2)o1. The van der Waals surface area contributed by atoms with Gasteiger partial charge in [0, 0.05) is 10.9 Å². The first-order valence-corrected chi connectivity index (χ1v) is 8.27. The van der Waals surface area contributed by atoms with Crippen LogP contribution in [-0.4, -0.2) is 12.0 Å². The van der Waals surface area contributed by atoms with E-state index in [9.17, 15) is 4.79 Å². The van der Waals surface area contributed by atoms with Gasteiger partial charge in [0.05, 0.1) is 6.54 Å². The monoisotopic (exact) mass is 327 g/mol. The molecule has 1 aromatic carbocycles. The van der Waals surface area contributed by atoms with Crippen LogP contribution in [0.5, 0.6) is 5.75 Å². The second-order valence-electron chi connectivity index (χ2n) is 5.07. The summed E-state index contributed by atoms with van der Waals surface area (Å²) in [5.74, 6) is 2.02. The van der Waals surface area contributed by atoms with Crippen molar-refractivity contribution in [3.8, 4) is 17.1 Å². The highest BCUT2D eigenvalue weighted by Crippen LogP contribution is 2.24. The maximum Gasteiger partial charge on any atom is 0.261 e. The summed E-state index contributed by atoms with van der Waals surface area (Å²) in [5.41, 5.74) is 1.05. The lowest BCUT2D eigenvalue weighted by molar-refractivity contribution is -0.127. The third-order valence-corrected chi connectivity index (χ3v) is 4.01. The van der Waals surface area contributed by atoms with Crippen molar-refractivity contribution < 1.29 is 13.9 Å². The molecule has 0 aliphatic rings. The molecule has 5 heteroatoms. The minimum atomic E-state index is -0.566. The Hall–Kier alpha value is -2.53. The van der Waals surface area contributed by atoms with Crippen LogP contribution in [0.3, 0.4) is 0 Å². The van der Waals surface area contributed by atoms with Gasteiger partial charge in [0.1, 0.15) is 17.3 Å². The summed E-state index contributed by atoms with van der Waals surface area (Å²) in [5, 5.41) is 6.85. The Balaban J connectivity index is 1.52. The van der Waals surface area contributed by atoms with Crippen LogP contribution in [0.25, 0.3) is 11.3 Å². The van der Waals surface area contributed by atoms with E-state index in [0.717, 1.165) is 11.3 Å². The van der Waals surface area contributed by atoms with Crippen molar-refractivity contribution >= 4 is 17.2 Å². The lowest BCUT2D eigenvalue weighted by atomic mass is 10.3. The number of hydrogen-bond donors (Lipinski definition) is 1. The van der Waals surface area contributed by atoms with Crippen molar-refractivity contribution in [3.63, 3.8) is 0 Å². The van der Waals surface area contributed by atoms with Gasteiger partial charge in [-0.1, -0.05) is 18.2 Å². The molecule has 1 atom stereocenters. The second-order valence-corrected chi connectivity index (χ2v) is 5.85. The van der Waals surface area contributed by atoms with E-state index in [4.69, 9.17) is 9.15 Å². The van der Waals surface area contributed by atoms with E-state index in [1.54, 1.807) is 18.3 Å². The molecule has 2 heterocycles. The van der Waals surface area contributed by atoms with Crippen LogP contribution in [0.4, 0.5) is 0 Å². The van der Waals surface area contributed by atoms with E-state index in [1.807, 2.05) is 59.3 Å². The highest BCUT2D eigenvalue weighted by molar-refractivity contribution is 7.08. The van der Waals surface area contributed by atoms with E-state index < -0.39 is 6.10 Å². The summed E-state index contributed by atoms with van der Waals surface area (Å²) in [4.78, 5) is 12.1. The van der Waals surface area contributed by atoms with E-state index in [0.29, 0.717) is 18.1 Å². The van der Waals surface area contributed by atoms with Gasteiger partial charge in [-0.3, -0.25) is 4.79 Å². The van der Waals surface area contributed by atoms with Gasteiger partial charge in [-0.15, -0.1) is 0 Å². The number of nitrogens with one attached hydrogen (secondary N) is 1. The number of benzene rings is 1. The van der Waals surface area contributed by atoms with Crippen LogP contribution in [0.15, 0.2) is 63.7 Å². The minimum Gasteiger partial charge on any atom is -0.481 e. The van der Waals surface area contributed by atoms with Crippen molar-refractivity contribution in [2.75, 3.05) is 0 Å². The number of amides is 1. The molecule has 3 rings (SSSR count). The Morgan fingerprint density at radius 3 is 2.78 bits per heavy atom. The molecule has 3 aromatic rings. The van der Waals surface area contributed by atoms with Crippen LogP contribution in [0.1, 0.15) is 12.7 Å². The Morgan fingerprint density at radius 2 is 2.04 bits per heavy atom. The van der Waals surface area contributed by atoms with Crippen LogP contribution < -0.4 is 10.1 Å². The van der Waals surface area contributed by atoms with Crippen LogP contribution in [0, 0.1) is 0 Å². The van der Waals surface area contributed by atoms with Crippen molar-refractivity contribution in [1.82, 2.24) is 5.32 Å². The maximum absolute atomic E-state index is 12.1. The molecule has 0 unspecified atom stereocenters. The fraction of sp³-hybridized carbons (Fsp3) is 0.167. The zero-order valence-electron chi connectivity index (χ0n) is 12.7. The molecule has 0 spiro atoms. The smallest absolute Gasteiger partial charge is 0.261 e. The lowest BCUT2D eigenvalue weighted by Gasteiger charge is -2.14. The number of rotatable bonds is 6. The molecule has 0 saturated carbocycles. The first-order valence-electron chi connectivity index (χ1n) is 7.33. The number of carbonyl (C=O) groups is 1. The Bertz CT molecular complexity index is 750. The quantitative estimate of drug-likeness (QED) is 0.742. The topological polar surface area (TPSA) is 51.5 Å². The summed E-state index contributed by atoms with van der Waals surface area (Å²) in [6, 6.07) is 15.1. The average molecular weight is 327 g/mol. The molecule has 1 N–H and O–H groups in total. The highest BCUT2D eigenvalue weighted by atomic mass is 32.1. The van der Waals surface area contributed by atoms with Crippen molar-refractivity contribution in [2.45, 2.75) is 19.6 Å². The molecule has 118 valence electrons. The molecule has 0 bridgehead atoms. The number of furan rings is 1. The molecule has 23 heavy (non-hydrogen) atoms. The fourth-order valence-electron chi connectivity index (χ4n) is 2.11. The molecule has 0 fully saturated rings. The zero-order valence-corrected chi connectivity index (χ0v) is 13.5. The zero-order chi connectivity index (χ0) is 16.1. The average Bonchev–Trinajstić information content (AvgIpc) is 3.24. The normalized spacial score (nSPS) is 11.9. The number of hydrogen-bond acceptors (Lipinski definition) is 4. The van der Waals surface area contributed by atoms with Crippen LogP contribution >= 0.6 is 11.3 Å². The van der Waals surface area contributed by atoms with E-state index in [1.165, 1.54) is 0 Å². The van der Waals surface area contributed by atoms with Gasteiger partial charge in [-0.25, -0.2) is 0 Å². The van der Waals surface area contributed by atoms with Gasteiger partial charge in [0.25, 0.3) is 5.91 Å². The third kappa shape index (κ3) is 4.02. The van der Waals surface area contributed by atoms with Crippen LogP contribution in [0.2, 0.25) is 0 Å². The van der Waals surface area contributed by atoms with Crippen molar-refractivity contribution in [2.24, 2.45) is 0 Å². The first kappa shape index (κ1) is 15.4. The molecule has 0 aliphatic heterocycles. The first-order chi connectivity index (χ1) is 11.2. The largest absolute Gasteiger partial charge is 0.481 e. The number of ether oxygens (including phenoxy) is 1. The van der Waals surface area contributed by atoms with Gasteiger partial charge in [-0.2, -0.15) is 11.3 Å². The second kappa shape index (κ2) is 7.15. The van der Waals surface area contributed by atoms with Crippen LogP contribution in [-0.2, 0) is 11.3 Å². The molecule has 0 aliphatic carbocycles. The summed E-state index contributed by atoms with van der Waals surface area (Å²) < 4.78 is 11.3. The molecule has 0 radical (unpaired) electrons. The molecular formula is C18H17NO3S. The number of carbonyl (C=O) groups excluding carboxylic acids is 1. The minimum absolute atomic E-state index is 0.178. The molecule has 1 amide bonds. The molecular weight excluding hydrogens is 310 g/mol. The standard InChI is InChI=1S/C18H17NO3S/c1-13(21-15-5-3-2-4-6-15)18(20)19-11-16-7-8-17(22-16)14-9-10-23-12-14/h2-10,12-13H,11H2,1H3,(H,19,20)/t13-/m0/s1. The molecule has 4 nitrogen and oxygen atoms in total. The number of para-hydroxylation sites is 1. The van der Waals surface area contributed by atoms with Crippen molar-refractivity contribution in [3.05, 3.63) is 65.1 Å². The van der Waals surface area contributed by atoms with Gasteiger partial charge in [0.15, 0.2) is 6.10 Å². The Kier molecular flexibility index (Phi) is 4.78. The van der Waals surface area contributed by atoms with E-state index in [2.05, 4.69) is 5.32 Å². The predicted octanol–water partition coefficient (Wildman–Crippen LogP) is 4.09. The summed E-state index contributed by atoms with van der Waals surface area (Å²) in [7, 11) is 0. The van der Waals surface area contributed by atoms with Gasteiger partial charge in [-0.05, 0) is 42.6 Å². The Labute approximate surface area is 138 Å². The fourth-order valence-corrected chi connectivity index (χ4v) is 2.75. The predicted molar refractivity (Wildman–Crippen MR) is 90.4 cm³/mol. The van der Waals surface area contributed by atoms with E-state index in [-0.39, 0.29) is 5.91 Å². The Morgan fingerprint density at radius 1 is 1.22 bits per heavy atom. The van der Waals surface area contributed by atoms with E-state index >= 15 is 0 Å². The van der Waals surface area contributed by atoms with Gasteiger partial charge >= 0.3 is 0 Å². The number of thiophene rings is 1. The summed E-state index contributed by atoms with van der Waals surface area (Å²) >= 11 is 1.62. The maximum atomic E-state index is 12.1.